The summed E-state index contributed by atoms with van der Waals surface area (Å²) in [5.41, 5.74) is 2.44. The van der Waals surface area contributed by atoms with Crippen LogP contribution in [0.2, 0.25) is 5.02 Å². The second-order valence-corrected chi connectivity index (χ2v) is 7.81. The van der Waals surface area contributed by atoms with Gasteiger partial charge < -0.3 is 14.9 Å². The smallest absolute Gasteiger partial charge is 0.354 e. The van der Waals surface area contributed by atoms with Crippen molar-refractivity contribution in [3.8, 4) is 11.1 Å². The third-order valence-electron chi connectivity index (χ3n) is 4.46. The van der Waals surface area contributed by atoms with Gasteiger partial charge in [-0.3, -0.25) is 4.79 Å². The van der Waals surface area contributed by atoms with E-state index in [0.29, 0.717) is 39.4 Å². The number of carboxylic acids is 1. The van der Waals surface area contributed by atoms with Gasteiger partial charge in [-0.15, -0.1) is 0 Å². The van der Waals surface area contributed by atoms with E-state index in [1.165, 1.54) is 7.11 Å². The largest absolute Gasteiger partial charge is 0.477 e. The van der Waals surface area contributed by atoms with Crippen LogP contribution in [0.3, 0.4) is 0 Å². The van der Waals surface area contributed by atoms with Crippen molar-refractivity contribution < 1.29 is 24.5 Å². The van der Waals surface area contributed by atoms with E-state index in [2.05, 4.69) is 4.98 Å². The first-order valence-electron chi connectivity index (χ1n) is 8.76. The lowest BCUT2D eigenvalue weighted by Gasteiger charge is -2.23. The highest BCUT2D eigenvalue weighted by Crippen LogP contribution is 2.36. The Morgan fingerprint density at radius 1 is 1.25 bits per heavy atom. The summed E-state index contributed by atoms with van der Waals surface area (Å²) in [4.78, 5) is 27.9. The molecule has 150 valence electrons. The van der Waals surface area contributed by atoms with E-state index in [9.17, 15) is 19.8 Å². The van der Waals surface area contributed by atoms with E-state index in [1.54, 1.807) is 45.9 Å². The van der Waals surface area contributed by atoms with E-state index in [-0.39, 0.29) is 12.1 Å². The molecule has 0 aliphatic carbocycles. The predicted octanol–water partition coefficient (Wildman–Crippen LogP) is 3.75. The summed E-state index contributed by atoms with van der Waals surface area (Å²) < 4.78 is 4.80. The number of aryl methyl sites for hydroxylation is 1. The molecular formula is C21H24ClNO5. The number of hydrogen-bond donors (Lipinski definition) is 2. The Morgan fingerprint density at radius 3 is 2.43 bits per heavy atom. The number of halogens is 1. The van der Waals surface area contributed by atoms with Crippen LogP contribution in [0.5, 0.6) is 0 Å². The first-order valence-corrected chi connectivity index (χ1v) is 9.13. The highest BCUT2D eigenvalue weighted by molar-refractivity contribution is 6.30. The van der Waals surface area contributed by atoms with Crippen molar-refractivity contribution in [1.29, 1.82) is 0 Å². The van der Waals surface area contributed by atoms with Crippen LogP contribution < -0.4 is 0 Å². The van der Waals surface area contributed by atoms with Gasteiger partial charge >= 0.3 is 11.9 Å². The normalized spacial score (nSPS) is 11.4. The van der Waals surface area contributed by atoms with Crippen LogP contribution in [-0.2, 0) is 22.4 Å². The van der Waals surface area contributed by atoms with Crippen molar-refractivity contribution in [2.24, 2.45) is 0 Å². The van der Waals surface area contributed by atoms with Gasteiger partial charge in [0, 0.05) is 17.1 Å². The summed E-state index contributed by atoms with van der Waals surface area (Å²) in [5.74, 6) is -1.60. The number of aromatic nitrogens is 1. The number of benzene rings is 1. The van der Waals surface area contributed by atoms with Crippen molar-refractivity contribution >= 4 is 23.5 Å². The van der Waals surface area contributed by atoms with Gasteiger partial charge in [-0.1, -0.05) is 17.7 Å². The zero-order chi connectivity index (χ0) is 21.2. The van der Waals surface area contributed by atoms with E-state index in [0.717, 1.165) is 5.56 Å². The lowest BCUT2D eigenvalue weighted by molar-refractivity contribution is -0.139. The van der Waals surface area contributed by atoms with Crippen LogP contribution in [0, 0.1) is 13.8 Å². The molecule has 0 saturated carbocycles. The fourth-order valence-corrected chi connectivity index (χ4v) is 3.46. The topological polar surface area (TPSA) is 96.7 Å². The van der Waals surface area contributed by atoms with Crippen molar-refractivity contribution in [1.82, 2.24) is 4.98 Å². The number of methoxy groups -OCH3 is 1. The number of ether oxygens (including phenoxy) is 1. The molecule has 0 aliphatic rings. The monoisotopic (exact) mass is 405 g/mol. The Labute approximate surface area is 169 Å². The van der Waals surface area contributed by atoms with Crippen molar-refractivity contribution in [2.45, 2.75) is 46.1 Å². The average Bonchev–Trinajstić information content (AvgIpc) is 2.57. The Morgan fingerprint density at radius 2 is 1.89 bits per heavy atom. The minimum atomic E-state index is -1.15. The van der Waals surface area contributed by atoms with Gasteiger partial charge in [-0.25, -0.2) is 9.78 Å². The minimum Gasteiger partial charge on any atom is -0.477 e. The Kier molecular flexibility index (Phi) is 6.47. The fourth-order valence-electron chi connectivity index (χ4n) is 3.27. The molecule has 0 amide bonds. The quantitative estimate of drug-likeness (QED) is 0.710. The van der Waals surface area contributed by atoms with Gasteiger partial charge in [0.25, 0.3) is 0 Å². The fraction of sp³-hybridized carbons (Fsp3) is 0.381. The summed E-state index contributed by atoms with van der Waals surface area (Å²) in [7, 11) is 1.30. The van der Waals surface area contributed by atoms with E-state index >= 15 is 0 Å². The van der Waals surface area contributed by atoms with Gasteiger partial charge in [0.05, 0.1) is 19.1 Å². The molecule has 0 saturated heterocycles. The summed E-state index contributed by atoms with van der Waals surface area (Å²) in [6.07, 6.45) is 0.250. The minimum absolute atomic E-state index is 0.0456. The molecule has 0 spiro atoms. The molecule has 2 rings (SSSR count). The zero-order valence-electron chi connectivity index (χ0n) is 16.6. The number of nitrogens with zero attached hydrogens (tertiary/aromatic N) is 1. The third kappa shape index (κ3) is 4.88. The molecule has 0 aliphatic heterocycles. The number of aliphatic hydroxyl groups is 1. The third-order valence-corrected chi connectivity index (χ3v) is 4.69. The average molecular weight is 406 g/mol. The van der Waals surface area contributed by atoms with Crippen LogP contribution in [0.1, 0.15) is 46.7 Å². The summed E-state index contributed by atoms with van der Waals surface area (Å²) in [6, 6.07) is 5.21. The first-order chi connectivity index (χ1) is 12.9. The highest BCUT2D eigenvalue weighted by atomic mass is 35.5. The van der Waals surface area contributed by atoms with Crippen LogP contribution in [-0.4, -0.2) is 39.8 Å². The lowest BCUT2D eigenvalue weighted by Crippen LogP contribution is -2.22. The number of esters is 1. The molecule has 1 aromatic carbocycles. The lowest BCUT2D eigenvalue weighted by atomic mass is 9.86. The number of carboxylic acid groups (broad SMARTS) is 1. The van der Waals surface area contributed by atoms with E-state index in [4.69, 9.17) is 16.3 Å². The standard InChI is InChI=1S/C21H24ClNO5/c1-11-18(15-7-6-14(22)8-13(15)10-21(3,4)27)16(9-17(24)28-5)12(2)23-19(11)20(25)26/h6-8,27H,9-10H2,1-5H3,(H,25,26). The molecule has 0 radical (unpaired) electrons. The molecule has 28 heavy (non-hydrogen) atoms. The first kappa shape index (κ1) is 21.9. The predicted molar refractivity (Wildman–Crippen MR) is 107 cm³/mol. The number of carbonyl (C=O) groups excluding carboxylic acids is 1. The number of aromatic carboxylic acids is 1. The van der Waals surface area contributed by atoms with E-state index < -0.39 is 17.5 Å². The highest BCUT2D eigenvalue weighted by Gasteiger charge is 2.25. The maximum absolute atomic E-state index is 12.0. The number of pyridine rings is 1. The summed E-state index contributed by atoms with van der Waals surface area (Å²) in [6.45, 7) is 6.69. The molecule has 0 fully saturated rings. The van der Waals surface area contributed by atoms with Gasteiger partial charge in [-0.05, 0) is 67.6 Å². The van der Waals surface area contributed by atoms with Crippen molar-refractivity contribution in [2.75, 3.05) is 7.11 Å². The summed E-state index contributed by atoms with van der Waals surface area (Å²) >= 11 is 6.17. The van der Waals surface area contributed by atoms with Crippen molar-refractivity contribution in [3.63, 3.8) is 0 Å². The molecule has 7 heteroatoms. The molecule has 0 unspecified atom stereocenters. The molecule has 2 N–H and O–H groups in total. The Bertz CT molecular complexity index is 931. The second kappa shape index (κ2) is 8.29. The van der Waals surface area contributed by atoms with Gasteiger partial charge in [0.2, 0.25) is 0 Å². The molecule has 1 heterocycles. The summed E-state index contributed by atoms with van der Waals surface area (Å²) in [5, 5.41) is 20.4. The molecule has 0 atom stereocenters. The molecule has 6 nitrogen and oxygen atoms in total. The molecule has 0 bridgehead atoms. The number of carbonyl (C=O) groups is 2. The SMILES string of the molecule is COC(=O)Cc1c(C)nc(C(=O)O)c(C)c1-c1ccc(Cl)cc1CC(C)(C)O. The van der Waals surface area contributed by atoms with Crippen molar-refractivity contribution in [3.05, 3.63) is 51.3 Å². The molecule has 2 aromatic rings. The van der Waals surface area contributed by atoms with Crippen LogP contribution in [0.4, 0.5) is 0 Å². The van der Waals surface area contributed by atoms with E-state index in [1.807, 2.05) is 0 Å². The van der Waals surface area contributed by atoms with Crippen LogP contribution in [0.25, 0.3) is 11.1 Å². The molecular weight excluding hydrogens is 382 g/mol. The zero-order valence-corrected chi connectivity index (χ0v) is 17.3. The number of rotatable bonds is 6. The van der Waals surface area contributed by atoms with Gasteiger partial charge in [0.15, 0.2) is 5.69 Å². The Balaban J connectivity index is 2.86. The van der Waals surface area contributed by atoms with Gasteiger partial charge in [-0.2, -0.15) is 0 Å². The van der Waals surface area contributed by atoms with Crippen LogP contribution in [0.15, 0.2) is 18.2 Å². The van der Waals surface area contributed by atoms with Crippen LogP contribution >= 0.6 is 11.6 Å². The Hall–Kier alpha value is -2.44. The molecule has 1 aromatic heterocycles. The second-order valence-electron chi connectivity index (χ2n) is 7.37. The van der Waals surface area contributed by atoms with Gasteiger partial charge in [0.1, 0.15) is 0 Å². The maximum Gasteiger partial charge on any atom is 0.354 e. The number of hydrogen-bond acceptors (Lipinski definition) is 5. The maximum atomic E-state index is 12.0.